The zero-order chi connectivity index (χ0) is 21.6. The lowest BCUT2D eigenvalue weighted by Crippen LogP contribution is -2.50. The third-order valence-corrected chi connectivity index (χ3v) is 5.53. The molecule has 0 spiro atoms. The summed E-state index contributed by atoms with van der Waals surface area (Å²) >= 11 is 0. The third-order valence-electron chi connectivity index (χ3n) is 4.29. The van der Waals surface area contributed by atoms with E-state index in [0.717, 1.165) is 21.9 Å². The molecule has 0 aliphatic heterocycles. The van der Waals surface area contributed by atoms with Crippen LogP contribution in [0.25, 0.3) is 0 Å². The minimum Gasteiger partial charge on any atom is -0.497 e. The molecule has 7 nitrogen and oxygen atoms in total. The van der Waals surface area contributed by atoms with E-state index in [-0.39, 0.29) is 12.6 Å². The summed E-state index contributed by atoms with van der Waals surface area (Å²) in [7, 11) is -2.06. The molecule has 1 amide bonds. The van der Waals surface area contributed by atoms with Crippen LogP contribution in [0.3, 0.4) is 0 Å². The zero-order valence-electron chi connectivity index (χ0n) is 17.4. The Labute approximate surface area is 172 Å². The summed E-state index contributed by atoms with van der Waals surface area (Å²) in [5.41, 5.74) is 1.36. The van der Waals surface area contributed by atoms with Gasteiger partial charge in [0.2, 0.25) is 15.9 Å². The highest BCUT2D eigenvalue weighted by Gasteiger charge is 2.29. The van der Waals surface area contributed by atoms with Crippen LogP contribution < -0.4 is 19.1 Å². The number of carbonyl (C=O) groups excluding carboxylic acids is 1. The Bertz CT molecular complexity index is 928. The van der Waals surface area contributed by atoms with Crippen molar-refractivity contribution in [3.8, 4) is 11.5 Å². The highest BCUT2D eigenvalue weighted by Crippen LogP contribution is 2.22. The van der Waals surface area contributed by atoms with E-state index in [1.54, 1.807) is 63.4 Å². The Hall–Kier alpha value is -2.74. The number of ether oxygens (including phenoxy) is 2. The number of hydrogen-bond donors (Lipinski definition) is 1. The maximum atomic E-state index is 12.7. The quantitative estimate of drug-likeness (QED) is 0.674. The molecule has 0 fully saturated rings. The van der Waals surface area contributed by atoms with E-state index in [2.05, 4.69) is 5.32 Å². The first-order valence-electron chi connectivity index (χ1n) is 9.25. The van der Waals surface area contributed by atoms with Crippen LogP contribution in [0, 0.1) is 6.92 Å². The zero-order valence-corrected chi connectivity index (χ0v) is 18.2. The molecule has 0 aromatic heterocycles. The van der Waals surface area contributed by atoms with E-state index in [1.165, 1.54) is 0 Å². The SMILES string of the molecule is COc1ccc(OC[C@H](C)NC(=O)[C@@H](C)N(c2cccc(C)c2)S(C)(=O)=O)cc1. The summed E-state index contributed by atoms with van der Waals surface area (Å²) in [4.78, 5) is 12.7. The molecule has 158 valence electrons. The molecule has 0 saturated heterocycles. The summed E-state index contributed by atoms with van der Waals surface area (Å²) < 4.78 is 36.6. The molecule has 0 heterocycles. The van der Waals surface area contributed by atoms with Crippen molar-refractivity contribution in [1.29, 1.82) is 0 Å². The lowest BCUT2D eigenvalue weighted by molar-refractivity contribution is -0.122. The largest absolute Gasteiger partial charge is 0.497 e. The van der Waals surface area contributed by atoms with Crippen LogP contribution in [0.2, 0.25) is 0 Å². The number of benzene rings is 2. The van der Waals surface area contributed by atoms with Gasteiger partial charge >= 0.3 is 0 Å². The van der Waals surface area contributed by atoms with Gasteiger partial charge in [0.25, 0.3) is 0 Å². The number of carbonyl (C=O) groups is 1. The van der Waals surface area contributed by atoms with Gasteiger partial charge in [-0.1, -0.05) is 12.1 Å². The number of anilines is 1. The minimum atomic E-state index is -3.65. The van der Waals surface area contributed by atoms with Crippen molar-refractivity contribution in [2.75, 3.05) is 24.3 Å². The van der Waals surface area contributed by atoms with Crippen molar-refractivity contribution in [1.82, 2.24) is 5.32 Å². The molecule has 0 unspecified atom stereocenters. The van der Waals surface area contributed by atoms with Gasteiger partial charge in [0.15, 0.2) is 0 Å². The number of methoxy groups -OCH3 is 1. The molecule has 0 bridgehead atoms. The van der Waals surface area contributed by atoms with Crippen LogP contribution >= 0.6 is 0 Å². The molecule has 2 atom stereocenters. The molecule has 2 aromatic rings. The Morgan fingerprint density at radius 2 is 1.72 bits per heavy atom. The average molecular weight is 421 g/mol. The standard InChI is InChI=1S/C21H28N2O5S/c1-15-7-6-8-18(13-15)23(29(5,25)26)17(3)21(24)22-16(2)14-28-20-11-9-19(27-4)10-12-20/h6-13,16-17H,14H2,1-5H3,(H,22,24)/t16-,17+/m0/s1. The highest BCUT2D eigenvalue weighted by atomic mass is 32.2. The van der Waals surface area contributed by atoms with Crippen LogP contribution in [0.15, 0.2) is 48.5 Å². The molecule has 0 radical (unpaired) electrons. The number of aryl methyl sites for hydroxylation is 1. The smallest absolute Gasteiger partial charge is 0.243 e. The van der Waals surface area contributed by atoms with E-state index in [1.807, 2.05) is 13.0 Å². The maximum absolute atomic E-state index is 12.7. The minimum absolute atomic E-state index is 0.244. The Kier molecular flexibility index (Phi) is 7.50. The summed E-state index contributed by atoms with van der Waals surface area (Å²) in [6.07, 6.45) is 1.09. The summed E-state index contributed by atoms with van der Waals surface area (Å²) in [6.45, 7) is 5.47. The number of rotatable bonds is 9. The van der Waals surface area contributed by atoms with Gasteiger partial charge in [-0.25, -0.2) is 8.42 Å². The number of hydrogen-bond acceptors (Lipinski definition) is 5. The van der Waals surface area contributed by atoms with Gasteiger partial charge in [-0.05, 0) is 62.7 Å². The first kappa shape index (κ1) is 22.5. The van der Waals surface area contributed by atoms with E-state index >= 15 is 0 Å². The predicted octanol–water partition coefficient (Wildman–Crippen LogP) is 2.74. The number of nitrogens with one attached hydrogen (secondary N) is 1. The highest BCUT2D eigenvalue weighted by molar-refractivity contribution is 7.92. The van der Waals surface area contributed by atoms with Gasteiger partial charge in [0.05, 0.1) is 25.1 Å². The fourth-order valence-electron chi connectivity index (χ4n) is 2.87. The van der Waals surface area contributed by atoms with Crippen LogP contribution in [-0.4, -0.2) is 46.4 Å². The van der Waals surface area contributed by atoms with Gasteiger partial charge < -0.3 is 14.8 Å². The van der Waals surface area contributed by atoms with Gasteiger partial charge in [0, 0.05) is 0 Å². The first-order valence-corrected chi connectivity index (χ1v) is 11.1. The molecule has 2 aromatic carbocycles. The molecule has 0 aliphatic rings. The van der Waals surface area contributed by atoms with Crippen LogP contribution in [0.5, 0.6) is 11.5 Å². The van der Waals surface area contributed by atoms with Crippen molar-refractivity contribution in [2.45, 2.75) is 32.9 Å². The summed E-state index contributed by atoms with van der Waals surface area (Å²) in [6, 6.07) is 12.9. The van der Waals surface area contributed by atoms with Gasteiger partial charge in [-0.15, -0.1) is 0 Å². The molecule has 1 N–H and O–H groups in total. The average Bonchev–Trinajstić information content (AvgIpc) is 2.65. The maximum Gasteiger partial charge on any atom is 0.243 e. The second kappa shape index (κ2) is 9.65. The second-order valence-corrected chi connectivity index (χ2v) is 8.83. The predicted molar refractivity (Wildman–Crippen MR) is 114 cm³/mol. The topological polar surface area (TPSA) is 84.9 Å². The summed E-state index contributed by atoms with van der Waals surface area (Å²) in [5.74, 6) is 0.977. The Morgan fingerprint density at radius 3 is 2.28 bits per heavy atom. The van der Waals surface area contributed by atoms with E-state index in [9.17, 15) is 13.2 Å². The second-order valence-electron chi connectivity index (χ2n) is 6.97. The molecule has 0 saturated carbocycles. The van der Waals surface area contributed by atoms with Crippen molar-refractivity contribution in [3.63, 3.8) is 0 Å². The molecular weight excluding hydrogens is 392 g/mol. The van der Waals surface area contributed by atoms with Crippen LogP contribution in [0.1, 0.15) is 19.4 Å². The molecule has 8 heteroatoms. The molecule has 2 rings (SSSR count). The van der Waals surface area contributed by atoms with Gasteiger partial charge in [-0.2, -0.15) is 0 Å². The normalized spacial score (nSPS) is 13.3. The lowest BCUT2D eigenvalue weighted by Gasteiger charge is -2.29. The van der Waals surface area contributed by atoms with Crippen molar-refractivity contribution in [3.05, 3.63) is 54.1 Å². The van der Waals surface area contributed by atoms with Crippen LogP contribution in [-0.2, 0) is 14.8 Å². The van der Waals surface area contributed by atoms with E-state index in [0.29, 0.717) is 11.4 Å². The van der Waals surface area contributed by atoms with Crippen molar-refractivity contribution >= 4 is 21.6 Å². The first-order chi connectivity index (χ1) is 13.6. The summed E-state index contributed by atoms with van der Waals surface area (Å²) in [5, 5.41) is 2.81. The van der Waals surface area contributed by atoms with E-state index < -0.39 is 22.0 Å². The lowest BCUT2D eigenvalue weighted by atomic mass is 10.2. The van der Waals surface area contributed by atoms with Gasteiger partial charge in [0.1, 0.15) is 24.1 Å². The monoisotopic (exact) mass is 420 g/mol. The fraction of sp³-hybridized carbons (Fsp3) is 0.381. The van der Waals surface area contributed by atoms with Crippen LogP contribution in [0.4, 0.5) is 5.69 Å². The number of nitrogens with zero attached hydrogens (tertiary/aromatic N) is 1. The van der Waals surface area contributed by atoms with Gasteiger partial charge in [-0.3, -0.25) is 9.10 Å². The Balaban J connectivity index is 2.02. The molecule has 0 aliphatic carbocycles. The fourth-order valence-corrected chi connectivity index (χ4v) is 4.04. The van der Waals surface area contributed by atoms with E-state index in [4.69, 9.17) is 9.47 Å². The third kappa shape index (κ3) is 6.39. The number of amides is 1. The number of sulfonamides is 1. The molecular formula is C21H28N2O5S. The van der Waals surface area contributed by atoms with Crippen molar-refractivity contribution in [2.24, 2.45) is 0 Å². The molecule has 29 heavy (non-hydrogen) atoms. The van der Waals surface area contributed by atoms with Crippen molar-refractivity contribution < 1.29 is 22.7 Å². The Morgan fingerprint density at radius 1 is 1.10 bits per heavy atom.